The van der Waals surface area contributed by atoms with Crippen molar-refractivity contribution in [2.75, 3.05) is 26.2 Å². The zero-order chi connectivity index (χ0) is 12.8. The molecule has 0 fully saturated rings. The van der Waals surface area contributed by atoms with E-state index in [2.05, 4.69) is 35.2 Å². The SMILES string of the molecule is C#CCNCC(C)N1CCOc2ccccc2C1. The maximum absolute atomic E-state index is 5.76. The lowest BCUT2D eigenvalue weighted by atomic mass is 10.1. The summed E-state index contributed by atoms with van der Waals surface area (Å²) in [4.78, 5) is 2.43. The number of nitrogens with one attached hydrogen (secondary N) is 1. The summed E-state index contributed by atoms with van der Waals surface area (Å²) in [7, 11) is 0. The fourth-order valence-electron chi connectivity index (χ4n) is 2.20. The van der Waals surface area contributed by atoms with E-state index in [1.54, 1.807) is 0 Å². The van der Waals surface area contributed by atoms with E-state index in [9.17, 15) is 0 Å². The summed E-state index contributed by atoms with van der Waals surface area (Å²) >= 11 is 0. The highest BCUT2D eigenvalue weighted by molar-refractivity contribution is 5.33. The van der Waals surface area contributed by atoms with Crippen molar-refractivity contribution in [3.05, 3.63) is 29.8 Å². The topological polar surface area (TPSA) is 24.5 Å². The van der Waals surface area contributed by atoms with Gasteiger partial charge < -0.3 is 10.1 Å². The van der Waals surface area contributed by atoms with Crippen LogP contribution in [0.3, 0.4) is 0 Å². The van der Waals surface area contributed by atoms with Crippen LogP contribution in [-0.2, 0) is 6.54 Å². The van der Waals surface area contributed by atoms with Gasteiger partial charge in [-0.1, -0.05) is 24.1 Å². The Labute approximate surface area is 109 Å². The van der Waals surface area contributed by atoms with Gasteiger partial charge >= 0.3 is 0 Å². The second-order valence-electron chi connectivity index (χ2n) is 4.61. The Kier molecular flexibility index (Phi) is 4.63. The zero-order valence-corrected chi connectivity index (χ0v) is 10.9. The molecule has 0 spiro atoms. The predicted octanol–water partition coefficient (Wildman–Crippen LogP) is 1.49. The molecule has 0 bridgehead atoms. The Morgan fingerprint density at radius 3 is 3.17 bits per heavy atom. The number of benzene rings is 1. The van der Waals surface area contributed by atoms with E-state index in [1.165, 1.54) is 5.56 Å². The van der Waals surface area contributed by atoms with Crippen LogP contribution in [0.1, 0.15) is 12.5 Å². The highest BCUT2D eigenvalue weighted by Crippen LogP contribution is 2.23. The van der Waals surface area contributed by atoms with E-state index >= 15 is 0 Å². The van der Waals surface area contributed by atoms with Gasteiger partial charge in [-0.15, -0.1) is 6.42 Å². The molecule has 0 aliphatic carbocycles. The molecule has 0 aromatic heterocycles. The van der Waals surface area contributed by atoms with Gasteiger partial charge in [-0.05, 0) is 13.0 Å². The molecule has 0 radical (unpaired) electrons. The van der Waals surface area contributed by atoms with Crippen molar-refractivity contribution in [3.8, 4) is 18.1 Å². The van der Waals surface area contributed by atoms with Gasteiger partial charge in [0.05, 0.1) is 6.54 Å². The molecule has 0 amide bonds. The molecule has 96 valence electrons. The predicted molar refractivity (Wildman–Crippen MR) is 73.5 cm³/mol. The zero-order valence-electron chi connectivity index (χ0n) is 10.9. The summed E-state index contributed by atoms with van der Waals surface area (Å²) in [5.41, 5.74) is 1.26. The van der Waals surface area contributed by atoms with Crippen LogP contribution in [0.15, 0.2) is 24.3 Å². The summed E-state index contributed by atoms with van der Waals surface area (Å²) in [6, 6.07) is 8.71. The van der Waals surface area contributed by atoms with E-state index < -0.39 is 0 Å². The van der Waals surface area contributed by atoms with E-state index in [-0.39, 0.29) is 0 Å². The number of nitrogens with zero attached hydrogens (tertiary/aromatic N) is 1. The lowest BCUT2D eigenvalue weighted by molar-refractivity contribution is 0.177. The number of hydrogen-bond acceptors (Lipinski definition) is 3. The average molecular weight is 244 g/mol. The molecule has 1 aliphatic heterocycles. The quantitative estimate of drug-likeness (QED) is 0.641. The van der Waals surface area contributed by atoms with E-state index in [0.29, 0.717) is 12.6 Å². The lowest BCUT2D eigenvalue weighted by Crippen LogP contribution is -2.41. The van der Waals surface area contributed by atoms with Gasteiger partial charge in [-0.3, -0.25) is 4.90 Å². The summed E-state index contributed by atoms with van der Waals surface area (Å²) in [6.45, 7) is 6.40. The number of fused-ring (bicyclic) bond motifs is 1. The van der Waals surface area contributed by atoms with Gasteiger partial charge in [0.2, 0.25) is 0 Å². The number of para-hydroxylation sites is 1. The maximum Gasteiger partial charge on any atom is 0.123 e. The molecule has 2 rings (SSSR count). The first-order valence-corrected chi connectivity index (χ1v) is 6.40. The van der Waals surface area contributed by atoms with Crippen molar-refractivity contribution >= 4 is 0 Å². The summed E-state index contributed by atoms with van der Waals surface area (Å²) in [6.07, 6.45) is 5.24. The highest BCUT2D eigenvalue weighted by atomic mass is 16.5. The first-order chi connectivity index (χ1) is 8.81. The van der Waals surface area contributed by atoms with Gasteiger partial charge in [0, 0.05) is 31.2 Å². The first-order valence-electron chi connectivity index (χ1n) is 6.40. The van der Waals surface area contributed by atoms with Crippen molar-refractivity contribution in [2.24, 2.45) is 0 Å². The van der Waals surface area contributed by atoms with Crippen LogP contribution in [0.2, 0.25) is 0 Å². The van der Waals surface area contributed by atoms with E-state index in [0.717, 1.165) is 32.0 Å². The average Bonchev–Trinajstić information content (AvgIpc) is 2.61. The number of terminal acetylenes is 1. The third-order valence-electron chi connectivity index (χ3n) is 3.27. The molecule has 18 heavy (non-hydrogen) atoms. The fourth-order valence-corrected chi connectivity index (χ4v) is 2.20. The van der Waals surface area contributed by atoms with Crippen LogP contribution in [0, 0.1) is 12.3 Å². The van der Waals surface area contributed by atoms with Crippen LogP contribution in [-0.4, -0.2) is 37.2 Å². The van der Waals surface area contributed by atoms with E-state index in [1.807, 2.05) is 12.1 Å². The van der Waals surface area contributed by atoms with Gasteiger partial charge in [0.25, 0.3) is 0 Å². The van der Waals surface area contributed by atoms with Gasteiger partial charge in [0.1, 0.15) is 12.4 Å². The number of rotatable bonds is 4. The summed E-state index contributed by atoms with van der Waals surface area (Å²) in [5.74, 6) is 3.62. The Morgan fingerprint density at radius 1 is 1.50 bits per heavy atom. The lowest BCUT2D eigenvalue weighted by Gasteiger charge is -2.27. The Balaban J connectivity index is 1.97. The van der Waals surface area contributed by atoms with Crippen LogP contribution < -0.4 is 10.1 Å². The molecule has 3 nitrogen and oxygen atoms in total. The molecule has 1 aliphatic rings. The first kappa shape index (κ1) is 12.9. The molecule has 0 saturated carbocycles. The second-order valence-corrected chi connectivity index (χ2v) is 4.61. The number of ether oxygens (including phenoxy) is 1. The monoisotopic (exact) mass is 244 g/mol. The largest absolute Gasteiger partial charge is 0.492 e. The molecule has 0 saturated heterocycles. The normalized spacial score (nSPS) is 17.1. The van der Waals surface area contributed by atoms with Crippen molar-refractivity contribution in [2.45, 2.75) is 19.5 Å². The van der Waals surface area contributed by atoms with Crippen LogP contribution in [0.5, 0.6) is 5.75 Å². The molecule has 1 heterocycles. The Morgan fingerprint density at radius 2 is 2.33 bits per heavy atom. The molecule has 3 heteroatoms. The third kappa shape index (κ3) is 3.25. The van der Waals surface area contributed by atoms with Gasteiger partial charge in [-0.25, -0.2) is 0 Å². The Hall–Kier alpha value is -1.50. The minimum Gasteiger partial charge on any atom is -0.492 e. The van der Waals surface area contributed by atoms with Crippen molar-refractivity contribution in [3.63, 3.8) is 0 Å². The van der Waals surface area contributed by atoms with E-state index in [4.69, 9.17) is 11.2 Å². The third-order valence-corrected chi connectivity index (χ3v) is 3.27. The van der Waals surface area contributed by atoms with Gasteiger partial charge in [0.15, 0.2) is 0 Å². The Bertz CT molecular complexity index is 425. The molecular formula is C15H20N2O. The minimum absolute atomic E-state index is 0.452. The van der Waals surface area contributed by atoms with Crippen molar-refractivity contribution in [1.29, 1.82) is 0 Å². The maximum atomic E-state index is 5.76. The van der Waals surface area contributed by atoms with Crippen LogP contribution in [0.4, 0.5) is 0 Å². The smallest absolute Gasteiger partial charge is 0.123 e. The molecule has 1 aromatic rings. The van der Waals surface area contributed by atoms with Gasteiger partial charge in [-0.2, -0.15) is 0 Å². The van der Waals surface area contributed by atoms with Crippen molar-refractivity contribution in [1.82, 2.24) is 10.2 Å². The standard InChI is InChI=1S/C15H20N2O/c1-3-8-16-11-13(2)17-9-10-18-15-7-5-4-6-14(15)12-17/h1,4-7,13,16H,8-12H2,2H3. The molecule has 1 atom stereocenters. The molecule has 1 aromatic carbocycles. The minimum atomic E-state index is 0.452. The molecular weight excluding hydrogens is 224 g/mol. The number of hydrogen-bond donors (Lipinski definition) is 1. The summed E-state index contributed by atoms with van der Waals surface area (Å²) in [5, 5.41) is 3.26. The van der Waals surface area contributed by atoms with Crippen molar-refractivity contribution < 1.29 is 4.74 Å². The highest BCUT2D eigenvalue weighted by Gasteiger charge is 2.18. The molecule has 1 unspecified atom stereocenters. The van der Waals surface area contributed by atoms with Crippen LogP contribution in [0.25, 0.3) is 0 Å². The van der Waals surface area contributed by atoms with Crippen LogP contribution >= 0.6 is 0 Å². The fraction of sp³-hybridized carbons (Fsp3) is 0.467. The molecule has 1 N–H and O–H groups in total. The second kappa shape index (κ2) is 6.44. The summed E-state index contributed by atoms with van der Waals surface area (Å²) < 4.78 is 5.76.